The number of rotatable bonds is 8. The summed E-state index contributed by atoms with van der Waals surface area (Å²) in [4.78, 5) is 15.3. The maximum absolute atomic E-state index is 11.1. The molecule has 0 aliphatic heterocycles. The van der Waals surface area contributed by atoms with Gasteiger partial charge in [-0.25, -0.2) is 0 Å². The highest BCUT2D eigenvalue weighted by Crippen LogP contribution is 2.20. The first-order chi connectivity index (χ1) is 14.2. The van der Waals surface area contributed by atoms with E-state index in [1.165, 1.54) is 10.8 Å². The Morgan fingerprint density at radius 1 is 1.00 bits per heavy atom. The zero-order valence-electron chi connectivity index (χ0n) is 16.9. The Balaban J connectivity index is 0.00000320. The number of aliphatic imine (C=N–C) groups is 1. The molecule has 0 aliphatic rings. The van der Waals surface area contributed by atoms with E-state index in [2.05, 4.69) is 39.9 Å². The van der Waals surface area contributed by atoms with Crippen LogP contribution in [-0.2, 0) is 6.54 Å². The predicted octanol–water partition coefficient (Wildman–Crippen LogP) is 3.69. The summed E-state index contributed by atoms with van der Waals surface area (Å²) in [7, 11) is 1.73. The van der Waals surface area contributed by atoms with Gasteiger partial charge in [0.05, 0.1) is 6.61 Å². The summed E-state index contributed by atoms with van der Waals surface area (Å²) in [6.07, 6.45) is 0.848. The van der Waals surface area contributed by atoms with Gasteiger partial charge in [-0.1, -0.05) is 42.5 Å². The number of guanidine groups is 1. The molecular weight excluding hydrogens is 491 g/mol. The van der Waals surface area contributed by atoms with E-state index in [1.807, 2.05) is 30.3 Å². The number of ether oxygens (including phenoxy) is 1. The molecule has 3 rings (SSSR count). The zero-order valence-corrected chi connectivity index (χ0v) is 19.3. The first-order valence-electron chi connectivity index (χ1n) is 9.60. The molecule has 4 N–H and O–H groups in total. The van der Waals surface area contributed by atoms with Gasteiger partial charge in [0.15, 0.2) is 5.96 Å². The SMILES string of the molecule is CN=C(NCCCOc1ccc2ccccc2c1)NCc1ccc(C(N)=O)cc1.I. The molecule has 6 nitrogen and oxygen atoms in total. The molecule has 0 saturated carbocycles. The lowest BCUT2D eigenvalue weighted by molar-refractivity contribution is 0.100. The maximum atomic E-state index is 11.1. The van der Waals surface area contributed by atoms with Crippen LogP contribution in [0.2, 0.25) is 0 Å². The number of amides is 1. The van der Waals surface area contributed by atoms with Crippen molar-refractivity contribution in [3.8, 4) is 5.75 Å². The molecule has 0 fully saturated rings. The van der Waals surface area contributed by atoms with E-state index in [0.29, 0.717) is 18.7 Å². The fourth-order valence-electron chi connectivity index (χ4n) is 2.92. The van der Waals surface area contributed by atoms with Crippen molar-refractivity contribution in [1.82, 2.24) is 10.6 Å². The van der Waals surface area contributed by atoms with Gasteiger partial charge in [-0.05, 0) is 47.0 Å². The van der Waals surface area contributed by atoms with E-state index in [4.69, 9.17) is 10.5 Å². The van der Waals surface area contributed by atoms with E-state index >= 15 is 0 Å². The van der Waals surface area contributed by atoms with Crippen LogP contribution in [-0.4, -0.2) is 32.1 Å². The van der Waals surface area contributed by atoms with Crippen LogP contribution in [0.25, 0.3) is 10.8 Å². The summed E-state index contributed by atoms with van der Waals surface area (Å²) in [5, 5.41) is 8.90. The first-order valence-corrected chi connectivity index (χ1v) is 9.60. The van der Waals surface area contributed by atoms with E-state index in [9.17, 15) is 4.79 Å². The second-order valence-corrected chi connectivity index (χ2v) is 6.62. The Bertz CT molecular complexity index is 990. The quantitative estimate of drug-likeness (QED) is 0.184. The van der Waals surface area contributed by atoms with Crippen LogP contribution in [0.4, 0.5) is 0 Å². The highest BCUT2D eigenvalue weighted by atomic mass is 127. The molecule has 158 valence electrons. The molecule has 0 saturated heterocycles. The van der Waals surface area contributed by atoms with E-state index in [0.717, 1.165) is 30.2 Å². The van der Waals surface area contributed by atoms with Crippen LogP contribution in [0.1, 0.15) is 22.3 Å². The van der Waals surface area contributed by atoms with Crippen molar-refractivity contribution in [2.75, 3.05) is 20.2 Å². The number of hydrogen-bond donors (Lipinski definition) is 3. The first kappa shape index (κ1) is 23.5. The number of benzene rings is 3. The number of nitrogens with two attached hydrogens (primary N) is 1. The van der Waals surface area contributed by atoms with Crippen LogP contribution in [0.5, 0.6) is 5.75 Å². The van der Waals surface area contributed by atoms with Crippen molar-refractivity contribution < 1.29 is 9.53 Å². The van der Waals surface area contributed by atoms with E-state index in [1.54, 1.807) is 19.2 Å². The number of primary amides is 1. The molecule has 0 aliphatic carbocycles. The third-order valence-electron chi connectivity index (χ3n) is 4.53. The normalized spacial score (nSPS) is 10.9. The minimum Gasteiger partial charge on any atom is -0.494 e. The molecule has 1 amide bonds. The predicted molar refractivity (Wildman–Crippen MR) is 133 cm³/mol. The molecule has 0 spiro atoms. The highest BCUT2D eigenvalue weighted by molar-refractivity contribution is 14.0. The molecule has 7 heteroatoms. The highest BCUT2D eigenvalue weighted by Gasteiger charge is 2.02. The van der Waals surface area contributed by atoms with Crippen molar-refractivity contribution >= 4 is 46.6 Å². The zero-order chi connectivity index (χ0) is 20.5. The van der Waals surface area contributed by atoms with Crippen molar-refractivity contribution in [3.05, 3.63) is 77.9 Å². The number of nitrogens with zero attached hydrogens (tertiary/aromatic N) is 1. The molecule has 0 radical (unpaired) electrons. The molecule has 0 unspecified atom stereocenters. The maximum Gasteiger partial charge on any atom is 0.248 e. The second-order valence-electron chi connectivity index (χ2n) is 6.62. The fourth-order valence-corrected chi connectivity index (χ4v) is 2.92. The van der Waals surface area contributed by atoms with Gasteiger partial charge in [0, 0.05) is 25.7 Å². The van der Waals surface area contributed by atoms with Crippen LogP contribution in [0.15, 0.2) is 71.7 Å². The number of fused-ring (bicyclic) bond motifs is 1. The van der Waals surface area contributed by atoms with Crippen molar-refractivity contribution in [3.63, 3.8) is 0 Å². The molecule has 3 aromatic carbocycles. The summed E-state index contributed by atoms with van der Waals surface area (Å²) in [5.41, 5.74) is 6.80. The van der Waals surface area contributed by atoms with Crippen LogP contribution >= 0.6 is 24.0 Å². The third-order valence-corrected chi connectivity index (χ3v) is 4.53. The minimum atomic E-state index is -0.423. The fraction of sp³-hybridized carbons (Fsp3) is 0.217. The molecule has 0 aromatic heterocycles. The van der Waals surface area contributed by atoms with Gasteiger partial charge in [0.1, 0.15) is 5.75 Å². The Morgan fingerprint density at radius 3 is 2.43 bits per heavy atom. The van der Waals surface area contributed by atoms with Gasteiger partial charge >= 0.3 is 0 Å². The number of halogens is 1. The average molecular weight is 518 g/mol. The van der Waals surface area contributed by atoms with Crippen LogP contribution < -0.4 is 21.1 Å². The Morgan fingerprint density at radius 2 is 1.73 bits per heavy atom. The summed E-state index contributed by atoms with van der Waals surface area (Å²) >= 11 is 0. The van der Waals surface area contributed by atoms with Gasteiger partial charge in [0.25, 0.3) is 0 Å². The monoisotopic (exact) mass is 518 g/mol. The Kier molecular flexibility index (Phi) is 9.40. The van der Waals surface area contributed by atoms with Gasteiger partial charge in [-0.15, -0.1) is 24.0 Å². The molecule has 3 aromatic rings. The molecular formula is C23H27IN4O2. The van der Waals surface area contributed by atoms with Crippen LogP contribution in [0.3, 0.4) is 0 Å². The average Bonchev–Trinajstić information content (AvgIpc) is 2.75. The minimum absolute atomic E-state index is 0. The van der Waals surface area contributed by atoms with Gasteiger partial charge in [0.2, 0.25) is 5.91 Å². The van der Waals surface area contributed by atoms with Crippen molar-refractivity contribution in [1.29, 1.82) is 0 Å². The Labute approximate surface area is 193 Å². The van der Waals surface area contributed by atoms with Gasteiger partial charge in [-0.3, -0.25) is 9.79 Å². The molecule has 0 heterocycles. The van der Waals surface area contributed by atoms with Gasteiger partial charge in [-0.2, -0.15) is 0 Å². The topological polar surface area (TPSA) is 88.7 Å². The number of carbonyl (C=O) groups excluding carboxylic acids is 1. The van der Waals surface area contributed by atoms with Crippen LogP contribution in [0, 0.1) is 0 Å². The van der Waals surface area contributed by atoms with E-state index < -0.39 is 5.91 Å². The van der Waals surface area contributed by atoms with Crippen molar-refractivity contribution in [2.45, 2.75) is 13.0 Å². The molecule has 0 atom stereocenters. The standard InChI is InChI=1S/C23H26N4O2.HI/c1-25-23(27-16-17-7-9-19(10-8-17)22(24)28)26-13-4-14-29-21-12-11-18-5-2-3-6-20(18)15-21;/h2-3,5-12,15H,4,13-14,16H2,1H3,(H2,24,28)(H2,25,26,27);1H. The summed E-state index contributed by atoms with van der Waals surface area (Å²) in [6, 6.07) is 21.6. The number of nitrogens with one attached hydrogen (secondary N) is 2. The van der Waals surface area contributed by atoms with E-state index in [-0.39, 0.29) is 24.0 Å². The molecule has 0 bridgehead atoms. The lowest BCUT2D eigenvalue weighted by atomic mass is 10.1. The third kappa shape index (κ3) is 6.91. The number of hydrogen-bond acceptors (Lipinski definition) is 3. The lowest BCUT2D eigenvalue weighted by Gasteiger charge is -2.12. The Hall–Kier alpha value is -2.81. The summed E-state index contributed by atoms with van der Waals surface area (Å²) in [5.74, 6) is 1.17. The summed E-state index contributed by atoms with van der Waals surface area (Å²) < 4.78 is 5.85. The number of carbonyl (C=O) groups is 1. The second kappa shape index (κ2) is 12.0. The smallest absolute Gasteiger partial charge is 0.248 e. The summed E-state index contributed by atoms with van der Waals surface area (Å²) in [6.45, 7) is 1.97. The van der Waals surface area contributed by atoms with Gasteiger partial charge < -0.3 is 21.1 Å². The molecule has 30 heavy (non-hydrogen) atoms. The lowest BCUT2D eigenvalue weighted by Crippen LogP contribution is -2.37. The van der Waals surface area contributed by atoms with Crippen molar-refractivity contribution in [2.24, 2.45) is 10.7 Å². The largest absolute Gasteiger partial charge is 0.494 e.